The van der Waals surface area contributed by atoms with E-state index in [2.05, 4.69) is 15.7 Å². The number of nitrogens with one attached hydrogen (secondary N) is 2. The summed E-state index contributed by atoms with van der Waals surface area (Å²) < 4.78 is 1.70. The van der Waals surface area contributed by atoms with Gasteiger partial charge in [-0.15, -0.1) is 11.3 Å². The third kappa shape index (κ3) is 3.36. The number of aryl methyl sites for hydroxylation is 2. The van der Waals surface area contributed by atoms with E-state index in [9.17, 15) is 9.59 Å². The van der Waals surface area contributed by atoms with Gasteiger partial charge in [-0.05, 0) is 44.7 Å². The maximum atomic E-state index is 12.6. The zero-order valence-electron chi connectivity index (χ0n) is 14.2. The molecule has 2 aromatic rings. The van der Waals surface area contributed by atoms with Gasteiger partial charge in [0.05, 0.1) is 5.56 Å². The Hall–Kier alpha value is -2.15. The summed E-state index contributed by atoms with van der Waals surface area (Å²) in [5, 5.41) is 10.7. The molecule has 128 valence electrons. The molecule has 0 unspecified atom stereocenters. The van der Waals surface area contributed by atoms with Crippen LogP contribution >= 0.6 is 11.3 Å². The minimum atomic E-state index is -0.286. The van der Waals surface area contributed by atoms with Gasteiger partial charge in [-0.2, -0.15) is 5.10 Å². The second kappa shape index (κ2) is 6.76. The highest BCUT2D eigenvalue weighted by Gasteiger charge is 2.28. The van der Waals surface area contributed by atoms with Gasteiger partial charge in [-0.3, -0.25) is 14.3 Å². The zero-order valence-corrected chi connectivity index (χ0v) is 15.0. The Morgan fingerprint density at radius 1 is 1.33 bits per heavy atom. The molecule has 1 fully saturated rings. The van der Waals surface area contributed by atoms with Gasteiger partial charge in [0, 0.05) is 23.7 Å². The Kier molecular flexibility index (Phi) is 4.71. The zero-order chi connectivity index (χ0) is 17.3. The quantitative estimate of drug-likeness (QED) is 0.844. The summed E-state index contributed by atoms with van der Waals surface area (Å²) in [6.45, 7) is 6.68. The second-order valence-corrected chi connectivity index (χ2v) is 7.18. The minimum absolute atomic E-state index is 0.0897. The van der Waals surface area contributed by atoms with Crippen molar-refractivity contribution in [2.45, 2.75) is 52.6 Å². The van der Waals surface area contributed by atoms with E-state index in [-0.39, 0.29) is 17.9 Å². The van der Waals surface area contributed by atoms with Gasteiger partial charge in [0.1, 0.15) is 5.00 Å². The van der Waals surface area contributed by atoms with E-state index in [4.69, 9.17) is 0 Å². The summed E-state index contributed by atoms with van der Waals surface area (Å²) >= 11 is 1.45. The van der Waals surface area contributed by atoms with Crippen LogP contribution in [0.15, 0.2) is 12.3 Å². The molecule has 1 aliphatic carbocycles. The third-order valence-electron chi connectivity index (χ3n) is 4.13. The molecule has 0 atom stereocenters. The van der Waals surface area contributed by atoms with Crippen LogP contribution < -0.4 is 10.6 Å². The lowest BCUT2D eigenvalue weighted by atomic mass is 10.1. The molecule has 0 aliphatic heterocycles. The maximum Gasteiger partial charge on any atom is 0.276 e. The topological polar surface area (TPSA) is 76.0 Å². The molecule has 0 spiro atoms. The second-order valence-electron chi connectivity index (χ2n) is 5.95. The third-order valence-corrected chi connectivity index (χ3v) is 5.19. The van der Waals surface area contributed by atoms with Crippen LogP contribution in [0.2, 0.25) is 0 Å². The van der Waals surface area contributed by atoms with Gasteiger partial charge in [0.2, 0.25) is 0 Å². The van der Waals surface area contributed by atoms with E-state index < -0.39 is 0 Å². The SMILES string of the molecule is CCc1c(C)sc(NC(=O)c2ccn(CC)n2)c1C(=O)NC1CC1. The van der Waals surface area contributed by atoms with Crippen LogP contribution in [0, 0.1) is 6.92 Å². The summed E-state index contributed by atoms with van der Waals surface area (Å²) in [4.78, 5) is 26.1. The van der Waals surface area contributed by atoms with Crippen molar-refractivity contribution < 1.29 is 9.59 Å². The van der Waals surface area contributed by atoms with Crippen molar-refractivity contribution >= 4 is 28.2 Å². The maximum absolute atomic E-state index is 12.6. The molecule has 0 saturated heterocycles. The molecule has 2 amide bonds. The highest BCUT2D eigenvalue weighted by molar-refractivity contribution is 7.16. The number of aromatic nitrogens is 2. The highest BCUT2D eigenvalue weighted by Crippen LogP contribution is 2.34. The number of carbonyl (C=O) groups is 2. The molecule has 1 saturated carbocycles. The number of thiophene rings is 1. The Labute approximate surface area is 145 Å². The smallest absolute Gasteiger partial charge is 0.276 e. The van der Waals surface area contributed by atoms with Crippen LogP contribution in [-0.2, 0) is 13.0 Å². The Balaban J connectivity index is 1.86. The molecular formula is C17H22N4O2S. The molecule has 2 heterocycles. The van der Waals surface area contributed by atoms with Gasteiger partial charge >= 0.3 is 0 Å². The van der Waals surface area contributed by atoms with Crippen molar-refractivity contribution in [3.05, 3.63) is 34.0 Å². The number of rotatable bonds is 6. The fourth-order valence-electron chi connectivity index (χ4n) is 2.64. The highest BCUT2D eigenvalue weighted by atomic mass is 32.1. The van der Waals surface area contributed by atoms with Gasteiger partial charge in [-0.25, -0.2) is 0 Å². The lowest BCUT2D eigenvalue weighted by Crippen LogP contribution is -2.27. The van der Waals surface area contributed by atoms with Crippen LogP contribution in [0.1, 0.15) is 58.0 Å². The Bertz CT molecular complexity index is 774. The first-order valence-corrected chi connectivity index (χ1v) is 9.13. The van der Waals surface area contributed by atoms with E-state index in [1.807, 2.05) is 20.8 Å². The van der Waals surface area contributed by atoms with Crippen molar-refractivity contribution in [1.82, 2.24) is 15.1 Å². The van der Waals surface area contributed by atoms with Crippen LogP contribution in [0.3, 0.4) is 0 Å². The van der Waals surface area contributed by atoms with Crippen LogP contribution in [0.25, 0.3) is 0 Å². The average molecular weight is 346 g/mol. The van der Waals surface area contributed by atoms with Gasteiger partial charge in [-0.1, -0.05) is 6.92 Å². The lowest BCUT2D eigenvalue weighted by molar-refractivity contribution is 0.0951. The molecule has 1 aliphatic rings. The fourth-order valence-corrected chi connectivity index (χ4v) is 3.78. The summed E-state index contributed by atoms with van der Waals surface area (Å²) in [6, 6.07) is 1.97. The molecular weight excluding hydrogens is 324 g/mol. The van der Waals surface area contributed by atoms with E-state index in [1.54, 1.807) is 16.9 Å². The normalized spacial score (nSPS) is 13.8. The lowest BCUT2D eigenvalue weighted by Gasteiger charge is -2.08. The van der Waals surface area contributed by atoms with Crippen LogP contribution in [0.5, 0.6) is 0 Å². The Morgan fingerprint density at radius 2 is 2.08 bits per heavy atom. The van der Waals surface area contributed by atoms with Crippen LogP contribution in [-0.4, -0.2) is 27.6 Å². The first-order chi connectivity index (χ1) is 11.5. The predicted molar refractivity (Wildman–Crippen MR) is 94.8 cm³/mol. The first-order valence-electron chi connectivity index (χ1n) is 8.31. The van der Waals surface area contributed by atoms with Crippen molar-refractivity contribution in [3.63, 3.8) is 0 Å². The minimum Gasteiger partial charge on any atom is -0.349 e. The molecule has 3 rings (SSSR count). The summed E-state index contributed by atoms with van der Waals surface area (Å²) in [5.41, 5.74) is 1.97. The Morgan fingerprint density at radius 3 is 2.67 bits per heavy atom. The van der Waals surface area contributed by atoms with Crippen molar-refractivity contribution in [1.29, 1.82) is 0 Å². The van der Waals surface area contributed by atoms with E-state index in [0.717, 1.165) is 29.7 Å². The van der Waals surface area contributed by atoms with Gasteiger partial charge in [0.25, 0.3) is 11.8 Å². The molecule has 0 bridgehead atoms. The number of carbonyl (C=O) groups excluding carboxylic acids is 2. The standard InChI is InChI=1S/C17H22N4O2S/c1-4-12-10(3)24-17(14(12)16(23)18-11-6-7-11)19-15(22)13-8-9-21(5-2)20-13/h8-9,11H,4-7H2,1-3H3,(H,18,23)(H,19,22). The molecule has 7 heteroatoms. The van der Waals surface area contributed by atoms with Crippen molar-refractivity contribution in [2.75, 3.05) is 5.32 Å². The van der Waals surface area contributed by atoms with E-state index >= 15 is 0 Å². The molecule has 24 heavy (non-hydrogen) atoms. The monoisotopic (exact) mass is 346 g/mol. The molecule has 0 radical (unpaired) electrons. The summed E-state index contributed by atoms with van der Waals surface area (Å²) in [5.74, 6) is -0.375. The number of hydrogen-bond acceptors (Lipinski definition) is 4. The van der Waals surface area contributed by atoms with Crippen LogP contribution in [0.4, 0.5) is 5.00 Å². The molecule has 2 aromatic heterocycles. The van der Waals surface area contributed by atoms with Gasteiger partial charge < -0.3 is 10.6 Å². The number of anilines is 1. The van der Waals surface area contributed by atoms with Crippen molar-refractivity contribution in [2.24, 2.45) is 0 Å². The fraction of sp³-hybridized carbons (Fsp3) is 0.471. The van der Waals surface area contributed by atoms with Gasteiger partial charge in [0.15, 0.2) is 5.69 Å². The number of hydrogen-bond donors (Lipinski definition) is 2. The molecule has 0 aromatic carbocycles. The molecule has 6 nitrogen and oxygen atoms in total. The predicted octanol–water partition coefficient (Wildman–Crippen LogP) is 2.98. The first kappa shape index (κ1) is 16.7. The number of nitrogens with zero attached hydrogens (tertiary/aromatic N) is 2. The summed E-state index contributed by atoms with van der Waals surface area (Å²) in [6.07, 6.45) is 4.60. The molecule has 2 N–H and O–H groups in total. The average Bonchev–Trinajstić information content (AvgIpc) is 3.13. The largest absolute Gasteiger partial charge is 0.349 e. The summed E-state index contributed by atoms with van der Waals surface area (Å²) in [7, 11) is 0. The van der Waals surface area contributed by atoms with E-state index in [1.165, 1.54) is 11.3 Å². The van der Waals surface area contributed by atoms with E-state index in [0.29, 0.717) is 22.8 Å². The van der Waals surface area contributed by atoms with Crippen molar-refractivity contribution in [3.8, 4) is 0 Å². The number of amides is 2.